The van der Waals surface area contributed by atoms with Gasteiger partial charge in [0.05, 0.1) is 13.0 Å². The van der Waals surface area contributed by atoms with Crippen molar-refractivity contribution in [1.29, 1.82) is 0 Å². The van der Waals surface area contributed by atoms with E-state index in [1.54, 1.807) is 12.1 Å². The average Bonchev–Trinajstić information content (AvgIpc) is 2.56. The maximum absolute atomic E-state index is 14.0. The van der Waals surface area contributed by atoms with E-state index in [0.29, 0.717) is 5.56 Å². The highest BCUT2D eigenvalue weighted by Crippen LogP contribution is 2.24. The van der Waals surface area contributed by atoms with E-state index >= 15 is 0 Å². The molecule has 0 unspecified atom stereocenters. The van der Waals surface area contributed by atoms with E-state index in [-0.39, 0.29) is 6.61 Å². The Balaban J connectivity index is 1.88. The van der Waals surface area contributed by atoms with Crippen molar-refractivity contribution in [2.45, 2.75) is 58.7 Å². The Labute approximate surface area is 143 Å². The Kier molecular flexibility index (Phi) is 6.92. The summed E-state index contributed by atoms with van der Waals surface area (Å²) in [5, 5.41) is 0. The minimum absolute atomic E-state index is 0.0761. The largest absolute Gasteiger partial charge is 0.360 e. The van der Waals surface area contributed by atoms with Crippen LogP contribution in [-0.4, -0.2) is 6.11 Å². The van der Waals surface area contributed by atoms with Gasteiger partial charge in [0.25, 0.3) is 0 Å². The van der Waals surface area contributed by atoms with Crippen LogP contribution in [0.1, 0.15) is 48.9 Å². The third kappa shape index (κ3) is 6.04. The van der Waals surface area contributed by atoms with E-state index in [0.717, 1.165) is 31.2 Å². The van der Waals surface area contributed by atoms with Gasteiger partial charge in [0.1, 0.15) is 0 Å². The lowest BCUT2D eigenvalue weighted by atomic mass is 10.1. The monoisotopic (exact) mass is 332 g/mol. The van der Waals surface area contributed by atoms with Crippen molar-refractivity contribution in [2.24, 2.45) is 0 Å². The molecule has 24 heavy (non-hydrogen) atoms. The van der Waals surface area contributed by atoms with Crippen LogP contribution in [-0.2, 0) is 30.6 Å². The summed E-state index contributed by atoms with van der Waals surface area (Å²) in [4.78, 5) is 0. The fourth-order valence-electron chi connectivity index (χ4n) is 2.68. The molecule has 0 radical (unpaired) electrons. The average molecular weight is 332 g/mol. The molecule has 0 fully saturated rings. The highest BCUT2D eigenvalue weighted by Gasteiger charge is 2.30. The molecule has 0 aliphatic heterocycles. The van der Waals surface area contributed by atoms with Gasteiger partial charge in [-0.1, -0.05) is 75.2 Å². The highest BCUT2D eigenvalue weighted by atomic mass is 19.3. The van der Waals surface area contributed by atoms with Gasteiger partial charge in [-0.2, -0.15) is 8.78 Å². The topological polar surface area (TPSA) is 9.23 Å². The van der Waals surface area contributed by atoms with Gasteiger partial charge in [0.2, 0.25) is 0 Å². The predicted molar refractivity (Wildman–Crippen MR) is 94.3 cm³/mol. The SMILES string of the molecule is CCCc1ccc(COC(F)(F)Cc2ccc(CCC)cc2)cc1. The zero-order valence-corrected chi connectivity index (χ0v) is 14.5. The first-order valence-corrected chi connectivity index (χ1v) is 8.70. The highest BCUT2D eigenvalue weighted by molar-refractivity contribution is 5.24. The molecule has 0 spiro atoms. The van der Waals surface area contributed by atoms with Crippen molar-refractivity contribution >= 4 is 0 Å². The van der Waals surface area contributed by atoms with E-state index in [9.17, 15) is 8.78 Å². The van der Waals surface area contributed by atoms with E-state index in [1.165, 1.54) is 11.1 Å². The molecule has 0 amide bonds. The quantitative estimate of drug-likeness (QED) is 0.552. The first-order chi connectivity index (χ1) is 11.5. The maximum atomic E-state index is 14.0. The van der Waals surface area contributed by atoms with E-state index in [4.69, 9.17) is 4.74 Å². The molecule has 3 heteroatoms. The van der Waals surface area contributed by atoms with E-state index < -0.39 is 12.5 Å². The van der Waals surface area contributed by atoms with Crippen molar-refractivity contribution in [1.82, 2.24) is 0 Å². The van der Waals surface area contributed by atoms with E-state index in [1.807, 2.05) is 36.4 Å². The molecule has 130 valence electrons. The van der Waals surface area contributed by atoms with Crippen molar-refractivity contribution in [3.05, 3.63) is 70.8 Å². The molecule has 0 saturated heterocycles. The van der Waals surface area contributed by atoms with Crippen LogP contribution in [0.3, 0.4) is 0 Å². The van der Waals surface area contributed by atoms with Crippen LogP contribution in [0.15, 0.2) is 48.5 Å². The molecule has 2 rings (SSSR count). The molecule has 0 atom stereocenters. The number of hydrogen-bond donors (Lipinski definition) is 0. The summed E-state index contributed by atoms with van der Waals surface area (Å²) in [6, 6.07) is 15.0. The molecule has 0 bridgehead atoms. The Hall–Kier alpha value is -1.74. The van der Waals surface area contributed by atoms with Crippen LogP contribution in [0, 0.1) is 0 Å². The summed E-state index contributed by atoms with van der Waals surface area (Å²) < 4.78 is 32.9. The van der Waals surface area contributed by atoms with Gasteiger partial charge in [0.15, 0.2) is 0 Å². The van der Waals surface area contributed by atoms with Gasteiger partial charge < -0.3 is 4.74 Å². The minimum atomic E-state index is -3.16. The zero-order valence-electron chi connectivity index (χ0n) is 14.5. The molecule has 0 heterocycles. The molecule has 2 aromatic rings. The molecule has 0 saturated carbocycles. The summed E-state index contributed by atoms with van der Waals surface area (Å²) in [6.45, 7) is 4.14. The van der Waals surface area contributed by atoms with Crippen LogP contribution >= 0.6 is 0 Å². The summed E-state index contributed by atoms with van der Waals surface area (Å²) >= 11 is 0. The summed E-state index contributed by atoms with van der Waals surface area (Å²) in [5.41, 5.74) is 3.77. The van der Waals surface area contributed by atoms with Crippen LogP contribution in [0.5, 0.6) is 0 Å². The van der Waals surface area contributed by atoms with E-state index in [2.05, 4.69) is 13.8 Å². The number of alkyl halides is 2. The molecular weight excluding hydrogens is 306 g/mol. The molecule has 0 N–H and O–H groups in total. The van der Waals surface area contributed by atoms with Crippen molar-refractivity contribution in [2.75, 3.05) is 0 Å². The maximum Gasteiger partial charge on any atom is 0.360 e. The number of benzene rings is 2. The van der Waals surface area contributed by atoms with Gasteiger partial charge in [-0.3, -0.25) is 0 Å². The molecule has 0 aliphatic carbocycles. The lowest BCUT2D eigenvalue weighted by Gasteiger charge is -2.17. The first kappa shape index (κ1) is 18.6. The predicted octanol–water partition coefficient (Wildman–Crippen LogP) is 5.94. The van der Waals surface area contributed by atoms with Crippen LogP contribution in [0.25, 0.3) is 0 Å². The Morgan fingerprint density at radius 3 is 1.58 bits per heavy atom. The standard InChI is InChI=1S/C21H26F2O/c1-3-5-17-7-11-19(12-8-17)15-21(22,23)24-16-20-13-9-18(6-4-2)10-14-20/h7-14H,3-6,15-16H2,1-2H3. The number of ether oxygens (including phenoxy) is 1. The fraction of sp³-hybridized carbons (Fsp3) is 0.429. The number of aryl methyl sites for hydroxylation is 2. The van der Waals surface area contributed by atoms with Crippen LogP contribution < -0.4 is 0 Å². The van der Waals surface area contributed by atoms with Gasteiger partial charge in [-0.25, -0.2) is 0 Å². The molecular formula is C21H26F2O. The third-order valence-electron chi connectivity index (χ3n) is 3.98. The van der Waals surface area contributed by atoms with Gasteiger partial charge in [-0.15, -0.1) is 0 Å². The molecule has 2 aromatic carbocycles. The smallest absolute Gasteiger partial charge is 0.315 e. The summed E-state index contributed by atoms with van der Waals surface area (Å²) in [7, 11) is 0. The van der Waals surface area contributed by atoms with Gasteiger partial charge >= 0.3 is 6.11 Å². The normalized spacial score (nSPS) is 11.7. The molecule has 0 aromatic heterocycles. The van der Waals surface area contributed by atoms with Gasteiger partial charge in [-0.05, 0) is 35.1 Å². The number of rotatable bonds is 9. The van der Waals surface area contributed by atoms with Crippen LogP contribution in [0.4, 0.5) is 8.78 Å². The second-order valence-corrected chi connectivity index (χ2v) is 6.24. The summed E-state index contributed by atoms with van der Waals surface area (Å²) in [5.74, 6) is 0. The van der Waals surface area contributed by atoms with Crippen molar-refractivity contribution < 1.29 is 13.5 Å². The lowest BCUT2D eigenvalue weighted by Crippen LogP contribution is -2.23. The second-order valence-electron chi connectivity index (χ2n) is 6.24. The fourth-order valence-corrected chi connectivity index (χ4v) is 2.68. The minimum Gasteiger partial charge on any atom is -0.315 e. The van der Waals surface area contributed by atoms with Gasteiger partial charge in [0, 0.05) is 0 Å². The second kappa shape index (κ2) is 8.93. The lowest BCUT2D eigenvalue weighted by molar-refractivity contribution is -0.244. The molecule has 1 nitrogen and oxygen atoms in total. The Morgan fingerprint density at radius 1 is 0.708 bits per heavy atom. The van der Waals surface area contributed by atoms with Crippen molar-refractivity contribution in [3.8, 4) is 0 Å². The third-order valence-corrected chi connectivity index (χ3v) is 3.98. The summed E-state index contributed by atoms with van der Waals surface area (Å²) in [6.07, 6.45) is 0.550. The molecule has 0 aliphatic rings. The van der Waals surface area contributed by atoms with Crippen LogP contribution in [0.2, 0.25) is 0 Å². The number of halogens is 2. The van der Waals surface area contributed by atoms with Crippen molar-refractivity contribution in [3.63, 3.8) is 0 Å². The number of hydrogen-bond acceptors (Lipinski definition) is 1. The first-order valence-electron chi connectivity index (χ1n) is 8.70. The zero-order chi connectivity index (χ0) is 17.4. The Morgan fingerprint density at radius 2 is 1.12 bits per heavy atom. The Bertz CT molecular complexity index is 603.